The maximum Gasteiger partial charge on any atom is 0.217 e. The lowest BCUT2D eigenvalue weighted by Crippen LogP contribution is -2.24. The van der Waals surface area contributed by atoms with Gasteiger partial charge in [0.15, 0.2) is 0 Å². The molecular formula is C10H11BrFNO. The molecule has 0 fully saturated rings. The van der Waals surface area contributed by atoms with Crippen LogP contribution in [-0.2, 0) is 4.79 Å². The third-order valence-electron chi connectivity index (χ3n) is 1.84. The molecule has 1 unspecified atom stereocenters. The summed E-state index contributed by atoms with van der Waals surface area (Å²) in [6, 6.07) is 4.34. The molecule has 14 heavy (non-hydrogen) atoms. The second-order valence-electron chi connectivity index (χ2n) is 3.09. The molecule has 0 aliphatic heterocycles. The lowest BCUT2D eigenvalue weighted by Gasteiger charge is -2.13. The predicted octanol–water partition coefficient (Wildman–Crippen LogP) is 2.79. The number of nitrogens with one attached hydrogen (secondary N) is 1. The quantitative estimate of drug-likeness (QED) is 0.870. The van der Waals surface area contributed by atoms with Gasteiger partial charge in [0.2, 0.25) is 5.91 Å². The van der Waals surface area contributed by atoms with Gasteiger partial charge in [-0.2, -0.15) is 0 Å². The standard InChI is InChI=1S/C10H11BrFNO/c1-6(13-7(2)14)9-5-8(11)3-4-10(9)12/h3-6H,1-2H3,(H,13,14). The van der Waals surface area contributed by atoms with Crippen LogP contribution in [0.1, 0.15) is 25.5 Å². The van der Waals surface area contributed by atoms with Gasteiger partial charge in [0, 0.05) is 17.0 Å². The van der Waals surface area contributed by atoms with Gasteiger partial charge in [-0.25, -0.2) is 4.39 Å². The van der Waals surface area contributed by atoms with Crippen LogP contribution in [0.2, 0.25) is 0 Å². The zero-order valence-electron chi connectivity index (χ0n) is 7.97. The minimum Gasteiger partial charge on any atom is -0.350 e. The van der Waals surface area contributed by atoms with Gasteiger partial charge in [0.05, 0.1) is 6.04 Å². The van der Waals surface area contributed by atoms with Crippen molar-refractivity contribution in [3.63, 3.8) is 0 Å². The highest BCUT2D eigenvalue weighted by atomic mass is 79.9. The van der Waals surface area contributed by atoms with Crippen LogP contribution in [0.25, 0.3) is 0 Å². The monoisotopic (exact) mass is 259 g/mol. The molecule has 0 aromatic heterocycles. The molecule has 1 N–H and O–H groups in total. The molecule has 0 bridgehead atoms. The predicted molar refractivity (Wildman–Crippen MR) is 56.3 cm³/mol. The van der Waals surface area contributed by atoms with E-state index in [1.807, 2.05) is 0 Å². The van der Waals surface area contributed by atoms with Crippen molar-refractivity contribution in [3.8, 4) is 0 Å². The van der Waals surface area contributed by atoms with E-state index in [0.717, 1.165) is 4.47 Å². The highest BCUT2D eigenvalue weighted by Crippen LogP contribution is 2.21. The third kappa shape index (κ3) is 2.80. The molecule has 1 aromatic carbocycles. The molecule has 0 heterocycles. The van der Waals surface area contributed by atoms with Crippen molar-refractivity contribution >= 4 is 21.8 Å². The Morgan fingerprint density at radius 1 is 1.57 bits per heavy atom. The number of benzene rings is 1. The van der Waals surface area contributed by atoms with Crippen molar-refractivity contribution in [1.82, 2.24) is 5.32 Å². The van der Waals surface area contributed by atoms with Gasteiger partial charge in [-0.3, -0.25) is 4.79 Å². The molecule has 1 atom stereocenters. The Kier molecular flexibility index (Phi) is 3.63. The van der Waals surface area contributed by atoms with E-state index in [9.17, 15) is 9.18 Å². The average molecular weight is 260 g/mol. The van der Waals surface area contributed by atoms with E-state index in [-0.39, 0.29) is 17.8 Å². The number of carbonyl (C=O) groups is 1. The van der Waals surface area contributed by atoms with Crippen LogP contribution in [0.4, 0.5) is 4.39 Å². The molecule has 0 aliphatic rings. The van der Waals surface area contributed by atoms with E-state index in [2.05, 4.69) is 21.2 Å². The fraction of sp³-hybridized carbons (Fsp3) is 0.300. The molecule has 2 nitrogen and oxygen atoms in total. The first-order valence-corrected chi connectivity index (χ1v) is 5.02. The van der Waals surface area contributed by atoms with Crippen LogP contribution in [-0.4, -0.2) is 5.91 Å². The average Bonchev–Trinajstić information content (AvgIpc) is 2.08. The Morgan fingerprint density at radius 3 is 2.79 bits per heavy atom. The molecule has 0 radical (unpaired) electrons. The third-order valence-corrected chi connectivity index (χ3v) is 2.34. The first-order chi connectivity index (χ1) is 6.50. The van der Waals surface area contributed by atoms with E-state index in [1.165, 1.54) is 13.0 Å². The zero-order valence-corrected chi connectivity index (χ0v) is 9.56. The molecule has 4 heteroatoms. The summed E-state index contributed by atoms with van der Waals surface area (Å²) in [6.07, 6.45) is 0. The molecule has 1 amide bonds. The number of hydrogen-bond donors (Lipinski definition) is 1. The smallest absolute Gasteiger partial charge is 0.217 e. The van der Waals surface area contributed by atoms with Crippen molar-refractivity contribution in [1.29, 1.82) is 0 Å². The maximum atomic E-state index is 13.3. The molecule has 0 aliphatic carbocycles. The Bertz CT molecular complexity index is 354. The number of halogens is 2. The minimum atomic E-state index is -0.315. The Labute approximate surface area is 90.6 Å². The molecule has 1 rings (SSSR count). The fourth-order valence-electron chi connectivity index (χ4n) is 1.23. The van der Waals surface area contributed by atoms with E-state index < -0.39 is 0 Å². The van der Waals surface area contributed by atoms with Gasteiger partial charge >= 0.3 is 0 Å². The van der Waals surface area contributed by atoms with Crippen molar-refractivity contribution in [3.05, 3.63) is 34.1 Å². The minimum absolute atomic E-state index is 0.170. The van der Waals surface area contributed by atoms with E-state index in [1.54, 1.807) is 19.1 Å². The zero-order chi connectivity index (χ0) is 10.7. The van der Waals surface area contributed by atoms with Crippen molar-refractivity contribution in [2.75, 3.05) is 0 Å². The lowest BCUT2D eigenvalue weighted by molar-refractivity contribution is -0.119. The summed E-state index contributed by atoms with van der Waals surface area (Å²) >= 11 is 3.25. The van der Waals surface area contributed by atoms with Crippen LogP contribution < -0.4 is 5.32 Å². The van der Waals surface area contributed by atoms with Gasteiger partial charge in [-0.1, -0.05) is 15.9 Å². The maximum absolute atomic E-state index is 13.3. The first-order valence-electron chi connectivity index (χ1n) is 4.22. The molecule has 0 spiro atoms. The van der Waals surface area contributed by atoms with Crippen LogP contribution in [0.3, 0.4) is 0 Å². The van der Waals surface area contributed by atoms with Crippen LogP contribution in [0.5, 0.6) is 0 Å². The normalized spacial score (nSPS) is 12.3. The summed E-state index contributed by atoms with van der Waals surface area (Å²) in [7, 11) is 0. The van der Waals surface area contributed by atoms with E-state index >= 15 is 0 Å². The summed E-state index contributed by atoms with van der Waals surface area (Å²) in [5.41, 5.74) is 0.481. The molecule has 0 saturated heterocycles. The molecule has 76 valence electrons. The highest BCUT2D eigenvalue weighted by molar-refractivity contribution is 9.10. The molecular weight excluding hydrogens is 249 g/mol. The summed E-state index contributed by atoms with van der Waals surface area (Å²) < 4.78 is 14.1. The van der Waals surface area contributed by atoms with Crippen LogP contribution >= 0.6 is 15.9 Å². The number of amides is 1. The largest absolute Gasteiger partial charge is 0.350 e. The fourth-order valence-corrected chi connectivity index (χ4v) is 1.61. The second-order valence-corrected chi connectivity index (χ2v) is 4.00. The van der Waals surface area contributed by atoms with Gasteiger partial charge in [0.25, 0.3) is 0 Å². The van der Waals surface area contributed by atoms with Gasteiger partial charge in [0.1, 0.15) is 5.82 Å². The Hall–Kier alpha value is -0.900. The van der Waals surface area contributed by atoms with E-state index in [4.69, 9.17) is 0 Å². The van der Waals surface area contributed by atoms with Crippen molar-refractivity contribution in [2.45, 2.75) is 19.9 Å². The number of carbonyl (C=O) groups excluding carboxylic acids is 1. The van der Waals surface area contributed by atoms with Gasteiger partial charge < -0.3 is 5.32 Å². The van der Waals surface area contributed by atoms with Gasteiger partial charge in [-0.15, -0.1) is 0 Å². The summed E-state index contributed by atoms with van der Waals surface area (Å²) in [5.74, 6) is -0.480. The first kappa shape index (κ1) is 11.2. The van der Waals surface area contributed by atoms with Crippen molar-refractivity contribution < 1.29 is 9.18 Å². The Morgan fingerprint density at radius 2 is 2.21 bits per heavy atom. The van der Waals surface area contributed by atoms with Crippen LogP contribution in [0, 0.1) is 5.82 Å². The summed E-state index contributed by atoms with van der Waals surface area (Å²) in [4.78, 5) is 10.8. The number of rotatable bonds is 2. The summed E-state index contributed by atoms with van der Waals surface area (Å²) in [6.45, 7) is 3.15. The molecule has 1 aromatic rings. The summed E-state index contributed by atoms with van der Waals surface area (Å²) in [5, 5.41) is 2.63. The van der Waals surface area contributed by atoms with Gasteiger partial charge in [-0.05, 0) is 25.1 Å². The topological polar surface area (TPSA) is 29.1 Å². The SMILES string of the molecule is CC(=O)NC(C)c1cc(Br)ccc1F. The highest BCUT2D eigenvalue weighted by Gasteiger charge is 2.11. The Balaban J connectivity index is 2.93. The number of hydrogen-bond acceptors (Lipinski definition) is 1. The second kappa shape index (κ2) is 4.55. The lowest BCUT2D eigenvalue weighted by atomic mass is 10.1. The van der Waals surface area contributed by atoms with Crippen LogP contribution in [0.15, 0.2) is 22.7 Å². The van der Waals surface area contributed by atoms with E-state index in [0.29, 0.717) is 5.56 Å². The molecule has 0 saturated carbocycles. The van der Waals surface area contributed by atoms with Crippen molar-refractivity contribution in [2.24, 2.45) is 0 Å².